The number of carboxylic acid groups (broad SMARTS) is 1. The molecule has 4 atom stereocenters. The molecule has 28 heavy (non-hydrogen) atoms. The Hall–Kier alpha value is -2.34. The van der Waals surface area contributed by atoms with Crippen LogP contribution in [0.3, 0.4) is 0 Å². The van der Waals surface area contributed by atoms with Crippen LogP contribution in [0.25, 0.3) is 0 Å². The van der Waals surface area contributed by atoms with Crippen LogP contribution in [-0.4, -0.2) is 64.6 Å². The summed E-state index contributed by atoms with van der Waals surface area (Å²) < 4.78 is 0. The van der Waals surface area contributed by atoms with E-state index in [0.29, 0.717) is 0 Å². The lowest BCUT2D eigenvalue weighted by Crippen LogP contribution is -2.58. The number of hydrogen-bond acceptors (Lipinski definition) is 7. The summed E-state index contributed by atoms with van der Waals surface area (Å²) in [6.45, 7) is 4.76. The molecule has 0 aliphatic rings. The van der Waals surface area contributed by atoms with E-state index in [1.54, 1.807) is 13.8 Å². The third-order valence-corrected chi connectivity index (χ3v) is 4.14. The second-order valence-corrected chi connectivity index (χ2v) is 7.03. The van der Waals surface area contributed by atoms with Crippen LogP contribution < -0.4 is 27.4 Å². The molecule has 0 radical (unpaired) electrons. The molecule has 0 saturated carbocycles. The Balaban J connectivity index is 5.14. The average molecular weight is 420 g/mol. The van der Waals surface area contributed by atoms with Gasteiger partial charge in [-0.3, -0.25) is 19.2 Å². The lowest BCUT2D eigenvalue weighted by Gasteiger charge is -2.26. The van der Waals surface area contributed by atoms with Gasteiger partial charge in [0.05, 0.1) is 6.04 Å². The number of carboxylic acids is 1. The molecule has 4 unspecified atom stereocenters. The maximum atomic E-state index is 12.5. The van der Waals surface area contributed by atoms with Crippen molar-refractivity contribution in [1.29, 1.82) is 0 Å². The van der Waals surface area contributed by atoms with Crippen molar-refractivity contribution >= 4 is 42.2 Å². The second kappa shape index (κ2) is 12.2. The molecule has 160 valence electrons. The summed E-state index contributed by atoms with van der Waals surface area (Å²) in [6, 6.07) is -4.27. The fraction of sp³-hybridized carbons (Fsp3) is 0.688. The van der Waals surface area contributed by atoms with Gasteiger partial charge < -0.3 is 32.5 Å². The zero-order valence-electron chi connectivity index (χ0n) is 16.1. The van der Waals surface area contributed by atoms with Gasteiger partial charge >= 0.3 is 5.97 Å². The van der Waals surface area contributed by atoms with Crippen LogP contribution in [0.15, 0.2) is 0 Å². The van der Waals surface area contributed by atoms with Crippen molar-refractivity contribution in [1.82, 2.24) is 16.0 Å². The van der Waals surface area contributed by atoms with E-state index < -0.39 is 53.8 Å². The van der Waals surface area contributed by atoms with Gasteiger partial charge in [-0.1, -0.05) is 13.8 Å². The summed E-state index contributed by atoms with van der Waals surface area (Å²) in [5, 5.41) is 16.4. The van der Waals surface area contributed by atoms with Gasteiger partial charge in [-0.15, -0.1) is 0 Å². The van der Waals surface area contributed by atoms with Crippen LogP contribution in [-0.2, 0) is 24.0 Å². The first kappa shape index (κ1) is 25.7. The molecular formula is C16H29N5O6S. The number of carbonyl (C=O) groups is 5. The number of rotatable bonds is 12. The Morgan fingerprint density at radius 2 is 1.46 bits per heavy atom. The first-order valence-corrected chi connectivity index (χ1v) is 9.32. The summed E-state index contributed by atoms with van der Waals surface area (Å²) in [7, 11) is 0. The van der Waals surface area contributed by atoms with Crippen molar-refractivity contribution in [3.63, 3.8) is 0 Å². The number of nitrogens with one attached hydrogen (secondary N) is 3. The highest BCUT2D eigenvalue weighted by atomic mass is 32.1. The van der Waals surface area contributed by atoms with Gasteiger partial charge in [0.25, 0.3) is 0 Å². The molecule has 0 aliphatic heterocycles. The third kappa shape index (κ3) is 9.04. The Labute approximate surface area is 168 Å². The molecule has 8 N–H and O–H groups in total. The number of aliphatic carboxylic acids is 1. The average Bonchev–Trinajstić information content (AvgIpc) is 2.59. The Bertz CT molecular complexity index is 598. The van der Waals surface area contributed by atoms with Crippen LogP contribution in [0, 0.1) is 5.92 Å². The number of carbonyl (C=O) groups excluding carboxylic acids is 4. The minimum Gasteiger partial charge on any atom is -0.480 e. The highest BCUT2D eigenvalue weighted by Crippen LogP contribution is 2.06. The molecule has 0 aliphatic carbocycles. The van der Waals surface area contributed by atoms with E-state index in [0.717, 1.165) is 0 Å². The number of nitrogens with two attached hydrogens (primary N) is 2. The van der Waals surface area contributed by atoms with Crippen LogP contribution in [0.4, 0.5) is 0 Å². The summed E-state index contributed by atoms with van der Waals surface area (Å²) in [5.74, 6) is -4.42. The molecule has 11 nitrogen and oxygen atoms in total. The van der Waals surface area contributed by atoms with Crippen molar-refractivity contribution in [2.45, 2.75) is 57.8 Å². The van der Waals surface area contributed by atoms with E-state index in [9.17, 15) is 29.1 Å². The van der Waals surface area contributed by atoms with Crippen molar-refractivity contribution in [3.8, 4) is 0 Å². The molecule has 4 amide bonds. The topological polar surface area (TPSA) is 194 Å². The number of thiol groups is 1. The zero-order chi connectivity index (χ0) is 22.0. The summed E-state index contributed by atoms with van der Waals surface area (Å²) in [6.07, 6.45) is -0.403. The molecule has 0 aromatic heterocycles. The molecule has 0 bridgehead atoms. The highest BCUT2D eigenvalue weighted by molar-refractivity contribution is 7.80. The van der Waals surface area contributed by atoms with Crippen LogP contribution in [0.2, 0.25) is 0 Å². The maximum Gasteiger partial charge on any atom is 0.326 e. The first-order chi connectivity index (χ1) is 12.9. The lowest BCUT2D eigenvalue weighted by molar-refractivity contribution is -0.143. The van der Waals surface area contributed by atoms with Gasteiger partial charge in [0.2, 0.25) is 23.6 Å². The molecule has 0 aromatic rings. The van der Waals surface area contributed by atoms with Gasteiger partial charge in [0.1, 0.15) is 18.1 Å². The molecular weight excluding hydrogens is 390 g/mol. The monoisotopic (exact) mass is 419 g/mol. The fourth-order valence-electron chi connectivity index (χ4n) is 2.09. The Morgan fingerprint density at radius 3 is 1.86 bits per heavy atom. The van der Waals surface area contributed by atoms with Gasteiger partial charge in [0.15, 0.2) is 0 Å². The van der Waals surface area contributed by atoms with Crippen molar-refractivity contribution in [3.05, 3.63) is 0 Å². The molecule has 0 rings (SSSR count). The van der Waals surface area contributed by atoms with Gasteiger partial charge in [-0.05, 0) is 19.3 Å². The zero-order valence-corrected chi connectivity index (χ0v) is 17.0. The Morgan fingerprint density at radius 1 is 0.929 bits per heavy atom. The van der Waals surface area contributed by atoms with E-state index in [1.807, 2.05) is 0 Å². The number of primary amides is 1. The van der Waals surface area contributed by atoms with Crippen molar-refractivity contribution < 1.29 is 29.1 Å². The fourth-order valence-corrected chi connectivity index (χ4v) is 2.35. The summed E-state index contributed by atoms with van der Waals surface area (Å²) in [5.41, 5.74) is 10.5. The highest BCUT2D eigenvalue weighted by Gasteiger charge is 2.31. The summed E-state index contributed by atoms with van der Waals surface area (Å²) >= 11 is 4.01. The standard InChI is InChI=1S/C16H29N5O6S/c1-7(2)12(15(25)19-9(16(26)27)4-5-11(18)22)21-14(24)10(6-28)20-13(23)8(3)17/h7-10,12,28H,4-6,17H2,1-3H3,(H2,18,22)(H,19,25)(H,20,23)(H,21,24)(H,26,27). The van der Waals surface area contributed by atoms with Gasteiger partial charge in [-0.2, -0.15) is 12.6 Å². The normalized spacial score (nSPS) is 15.1. The predicted molar refractivity (Wildman–Crippen MR) is 104 cm³/mol. The molecule has 0 heterocycles. The molecule has 0 saturated heterocycles. The van der Waals surface area contributed by atoms with E-state index in [4.69, 9.17) is 11.5 Å². The first-order valence-electron chi connectivity index (χ1n) is 8.69. The predicted octanol–water partition coefficient (Wildman–Crippen LogP) is -2.28. The van der Waals surface area contributed by atoms with Crippen LogP contribution in [0.5, 0.6) is 0 Å². The molecule has 12 heteroatoms. The third-order valence-electron chi connectivity index (χ3n) is 3.77. The van der Waals surface area contributed by atoms with Crippen LogP contribution >= 0.6 is 12.6 Å². The largest absolute Gasteiger partial charge is 0.480 e. The summed E-state index contributed by atoms with van der Waals surface area (Å²) in [4.78, 5) is 58.7. The van der Waals surface area contributed by atoms with Gasteiger partial charge in [0, 0.05) is 12.2 Å². The SMILES string of the molecule is CC(N)C(=O)NC(CS)C(=O)NC(C(=O)NC(CCC(N)=O)C(=O)O)C(C)C. The molecule has 0 fully saturated rings. The van der Waals surface area contributed by atoms with E-state index in [-0.39, 0.29) is 24.5 Å². The molecule has 0 aromatic carbocycles. The van der Waals surface area contributed by atoms with Crippen molar-refractivity contribution in [2.75, 3.05) is 5.75 Å². The maximum absolute atomic E-state index is 12.5. The van der Waals surface area contributed by atoms with E-state index >= 15 is 0 Å². The van der Waals surface area contributed by atoms with Gasteiger partial charge in [-0.25, -0.2) is 4.79 Å². The Kier molecular flexibility index (Phi) is 11.2. The number of hydrogen-bond donors (Lipinski definition) is 7. The minimum atomic E-state index is -1.34. The van der Waals surface area contributed by atoms with Crippen molar-refractivity contribution in [2.24, 2.45) is 17.4 Å². The van der Waals surface area contributed by atoms with E-state index in [2.05, 4.69) is 28.6 Å². The second-order valence-electron chi connectivity index (χ2n) is 6.67. The molecule has 0 spiro atoms. The van der Waals surface area contributed by atoms with Crippen LogP contribution in [0.1, 0.15) is 33.6 Å². The minimum absolute atomic E-state index is 0.0346. The smallest absolute Gasteiger partial charge is 0.326 e. The number of amides is 4. The lowest BCUT2D eigenvalue weighted by atomic mass is 10.0. The quantitative estimate of drug-likeness (QED) is 0.173. The van der Waals surface area contributed by atoms with E-state index in [1.165, 1.54) is 6.92 Å².